The van der Waals surface area contributed by atoms with Gasteiger partial charge in [-0.25, -0.2) is 0 Å². The summed E-state index contributed by atoms with van der Waals surface area (Å²) in [7, 11) is 0. The Bertz CT molecular complexity index is 836. The molecule has 0 fully saturated rings. The summed E-state index contributed by atoms with van der Waals surface area (Å²) >= 11 is 0. The van der Waals surface area contributed by atoms with Crippen molar-refractivity contribution in [2.75, 3.05) is 6.79 Å². The summed E-state index contributed by atoms with van der Waals surface area (Å²) < 4.78 is 10.9. The summed E-state index contributed by atoms with van der Waals surface area (Å²) in [6.07, 6.45) is 7.83. The van der Waals surface area contributed by atoms with Crippen molar-refractivity contribution in [3.8, 4) is 11.5 Å². The van der Waals surface area contributed by atoms with Crippen LogP contribution in [0.4, 0.5) is 0 Å². The van der Waals surface area contributed by atoms with Crippen LogP contribution in [0.5, 0.6) is 11.5 Å². The molecule has 142 valence electrons. The Morgan fingerprint density at radius 1 is 1.04 bits per heavy atom. The number of hydrogen-bond donors (Lipinski definition) is 0. The van der Waals surface area contributed by atoms with Gasteiger partial charge in [0, 0.05) is 0 Å². The van der Waals surface area contributed by atoms with Crippen molar-refractivity contribution in [2.45, 2.75) is 46.5 Å². The fourth-order valence-electron chi connectivity index (χ4n) is 3.04. The Morgan fingerprint density at radius 3 is 2.41 bits per heavy atom. The van der Waals surface area contributed by atoms with Crippen LogP contribution in [0.3, 0.4) is 0 Å². The van der Waals surface area contributed by atoms with Gasteiger partial charge in [-0.2, -0.15) is 0 Å². The van der Waals surface area contributed by atoms with E-state index in [1.165, 1.54) is 16.7 Å². The van der Waals surface area contributed by atoms with Gasteiger partial charge in [-0.15, -0.1) is 0 Å². The monoisotopic (exact) mass is 362 g/mol. The van der Waals surface area contributed by atoms with Crippen molar-refractivity contribution in [3.63, 3.8) is 0 Å². The molecule has 1 atom stereocenters. The topological polar surface area (TPSA) is 18.5 Å². The lowest BCUT2D eigenvalue weighted by molar-refractivity contribution is 0.174. The zero-order valence-corrected chi connectivity index (χ0v) is 17.1. The predicted octanol–water partition coefficient (Wildman–Crippen LogP) is 6.86. The normalized spacial score (nSPS) is 15.4. The second-order valence-electron chi connectivity index (χ2n) is 8.28. The summed E-state index contributed by atoms with van der Waals surface area (Å²) in [5.41, 5.74) is 5.14. The first-order valence-corrected chi connectivity index (χ1v) is 9.77. The number of fused-ring (bicyclic) bond motifs is 1. The van der Waals surface area contributed by atoms with Crippen LogP contribution in [-0.2, 0) is 5.41 Å². The molecule has 2 nitrogen and oxygen atoms in total. The van der Waals surface area contributed by atoms with Gasteiger partial charge in [-0.05, 0) is 45.7 Å². The number of ether oxygens (including phenoxy) is 2. The molecule has 1 aliphatic rings. The van der Waals surface area contributed by atoms with E-state index >= 15 is 0 Å². The maximum absolute atomic E-state index is 5.49. The van der Waals surface area contributed by atoms with E-state index < -0.39 is 0 Å². The molecule has 0 aromatic heterocycles. The minimum absolute atomic E-state index is 0.168. The Hall–Kier alpha value is -2.48. The van der Waals surface area contributed by atoms with Gasteiger partial charge in [0.25, 0.3) is 0 Å². The van der Waals surface area contributed by atoms with Crippen molar-refractivity contribution in [1.82, 2.24) is 0 Å². The average molecular weight is 363 g/mol. The Morgan fingerprint density at radius 2 is 1.74 bits per heavy atom. The highest BCUT2D eigenvalue weighted by Crippen LogP contribution is 2.33. The molecule has 27 heavy (non-hydrogen) atoms. The first-order chi connectivity index (χ1) is 12.9. The van der Waals surface area contributed by atoms with Gasteiger partial charge in [0.1, 0.15) is 0 Å². The third kappa shape index (κ3) is 4.82. The van der Waals surface area contributed by atoms with Crippen molar-refractivity contribution < 1.29 is 9.47 Å². The molecule has 0 saturated carbocycles. The molecule has 0 spiro atoms. The fourth-order valence-corrected chi connectivity index (χ4v) is 3.04. The zero-order valence-electron chi connectivity index (χ0n) is 17.1. The summed E-state index contributed by atoms with van der Waals surface area (Å²) in [6.45, 7) is 11.5. The maximum Gasteiger partial charge on any atom is 0.231 e. The average Bonchev–Trinajstić information content (AvgIpc) is 3.12. The van der Waals surface area contributed by atoms with E-state index in [1.807, 2.05) is 12.1 Å². The Kier molecular flexibility index (Phi) is 5.74. The summed E-state index contributed by atoms with van der Waals surface area (Å²) in [5.74, 6) is 2.17. The van der Waals surface area contributed by atoms with Crippen molar-refractivity contribution in [3.05, 3.63) is 71.3 Å². The minimum Gasteiger partial charge on any atom is -0.454 e. The van der Waals surface area contributed by atoms with E-state index in [4.69, 9.17) is 9.47 Å². The molecule has 1 aliphatic heterocycles. The summed E-state index contributed by atoms with van der Waals surface area (Å²) in [4.78, 5) is 0. The first-order valence-electron chi connectivity index (χ1n) is 9.77. The van der Waals surface area contributed by atoms with Crippen molar-refractivity contribution >= 4 is 11.6 Å². The lowest BCUT2D eigenvalue weighted by Crippen LogP contribution is -2.10. The molecule has 1 unspecified atom stereocenters. The van der Waals surface area contributed by atoms with Crippen LogP contribution in [0.1, 0.15) is 57.7 Å². The molecular formula is C25H30O2. The molecule has 0 amide bonds. The largest absolute Gasteiger partial charge is 0.454 e. The van der Waals surface area contributed by atoms with Crippen molar-refractivity contribution in [1.29, 1.82) is 0 Å². The molecule has 2 aromatic rings. The second-order valence-corrected chi connectivity index (χ2v) is 8.28. The predicted molar refractivity (Wildman–Crippen MR) is 114 cm³/mol. The van der Waals surface area contributed by atoms with Crippen LogP contribution in [0.15, 0.2) is 54.6 Å². The van der Waals surface area contributed by atoms with Crippen LogP contribution in [0.25, 0.3) is 11.6 Å². The molecule has 3 rings (SSSR count). The van der Waals surface area contributed by atoms with E-state index in [0.717, 1.165) is 23.5 Å². The maximum atomic E-state index is 5.49. The summed E-state index contributed by atoms with van der Waals surface area (Å²) in [6, 6.07) is 15.0. The Balaban J connectivity index is 1.89. The number of allylic oxidation sites excluding steroid dienone is 3. The number of benzene rings is 2. The van der Waals surface area contributed by atoms with E-state index in [0.29, 0.717) is 12.7 Å². The van der Waals surface area contributed by atoms with Crippen LogP contribution < -0.4 is 9.47 Å². The van der Waals surface area contributed by atoms with E-state index in [-0.39, 0.29) is 5.41 Å². The van der Waals surface area contributed by atoms with Gasteiger partial charge in [-0.3, -0.25) is 0 Å². The van der Waals surface area contributed by atoms with E-state index in [2.05, 4.69) is 83.2 Å². The highest BCUT2D eigenvalue weighted by Gasteiger charge is 2.14. The smallest absolute Gasteiger partial charge is 0.231 e. The van der Waals surface area contributed by atoms with Crippen LogP contribution in [-0.4, -0.2) is 6.79 Å². The zero-order chi connectivity index (χ0) is 19.4. The van der Waals surface area contributed by atoms with Gasteiger partial charge < -0.3 is 9.47 Å². The lowest BCUT2D eigenvalue weighted by Gasteiger charge is -2.19. The van der Waals surface area contributed by atoms with Crippen molar-refractivity contribution in [2.24, 2.45) is 5.92 Å². The molecule has 2 heteroatoms. The quantitative estimate of drug-likeness (QED) is 0.541. The van der Waals surface area contributed by atoms with Gasteiger partial charge >= 0.3 is 0 Å². The number of hydrogen-bond acceptors (Lipinski definition) is 2. The second kappa shape index (κ2) is 8.04. The van der Waals surface area contributed by atoms with E-state index in [9.17, 15) is 0 Å². The first kappa shape index (κ1) is 19.3. The van der Waals surface area contributed by atoms with Gasteiger partial charge in [0.05, 0.1) is 0 Å². The third-order valence-electron chi connectivity index (χ3n) is 5.04. The molecule has 0 bridgehead atoms. The fraction of sp³-hybridized carbons (Fsp3) is 0.360. The molecule has 0 radical (unpaired) electrons. The van der Waals surface area contributed by atoms with Gasteiger partial charge in [0.2, 0.25) is 6.79 Å². The standard InChI is InChI=1S/C25H30O2/c1-6-18(2)15-21(20-10-12-22(13-11-20)25(3,4)5)9-7-19-8-14-23-24(16-19)27-17-26-23/h7-16,18H,6,17H2,1-5H3/b9-7+,21-15-. The van der Waals surface area contributed by atoms with Crippen LogP contribution >= 0.6 is 0 Å². The highest BCUT2D eigenvalue weighted by atomic mass is 16.7. The van der Waals surface area contributed by atoms with Crippen LogP contribution in [0, 0.1) is 5.92 Å². The van der Waals surface area contributed by atoms with Gasteiger partial charge in [0.15, 0.2) is 11.5 Å². The molecular weight excluding hydrogens is 332 g/mol. The van der Waals surface area contributed by atoms with Crippen LogP contribution in [0.2, 0.25) is 0 Å². The Labute approximate surface area is 163 Å². The molecule has 0 saturated heterocycles. The third-order valence-corrected chi connectivity index (χ3v) is 5.04. The molecule has 0 aliphatic carbocycles. The van der Waals surface area contributed by atoms with Gasteiger partial charge in [-0.1, -0.05) is 89.6 Å². The summed E-state index contributed by atoms with van der Waals surface area (Å²) in [5, 5.41) is 0. The molecule has 0 N–H and O–H groups in total. The minimum atomic E-state index is 0.168. The molecule has 1 heterocycles. The SMILES string of the molecule is CCC(C)/C=C(/C=C/c1ccc2c(c1)OCO2)c1ccc(C(C)(C)C)cc1. The number of rotatable bonds is 5. The molecule has 2 aromatic carbocycles. The van der Waals surface area contributed by atoms with E-state index in [1.54, 1.807) is 0 Å². The lowest BCUT2D eigenvalue weighted by atomic mass is 9.86. The highest BCUT2D eigenvalue weighted by molar-refractivity contribution is 5.79.